The van der Waals surface area contributed by atoms with E-state index in [1.807, 2.05) is 13.8 Å². The van der Waals surface area contributed by atoms with E-state index in [4.69, 9.17) is 0 Å². The number of aromatic nitrogens is 2. The highest BCUT2D eigenvalue weighted by molar-refractivity contribution is 6.07. The Balaban J connectivity index is 2.13. The van der Waals surface area contributed by atoms with Crippen molar-refractivity contribution in [2.45, 2.75) is 57.5 Å². The van der Waals surface area contributed by atoms with E-state index < -0.39 is 11.5 Å². The van der Waals surface area contributed by atoms with Crippen LogP contribution in [0, 0.1) is 6.92 Å². The van der Waals surface area contributed by atoms with Gasteiger partial charge >= 0.3 is 0 Å². The molecule has 0 aromatic carbocycles. The lowest BCUT2D eigenvalue weighted by Gasteiger charge is -2.54. The molecule has 1 fully saturated rings. The van der Waals surface area contributed by atoms with Crippen molar-refractivity contribution in [3.63, 3.8) is 0 Å². The normalized spacial score (nSPS) is 27.6. The molecule has 5 nitrogen and oxygen atoms in total. The van der Waals surface area contributed by atoms with Crippen LogP contribution in [0.4, 0.5) is 20.3 Å². The summed E-state index contributed by atoms with van der Waals surface area (Å²) in [6.45, 7) is 5.46. The largest absolute Gasteiger partial charge is 0.337 e. The van der Waals surface area contributed by atoms with Crippen molar-refractivity contribution < 1.29 is 13.6 Å². The molecule has 1 aromatic rings. The molecule has 1 aliphatic heterocycles. The Hall–Kier alpha value is -1.79. The first-order valence-corrected chi connectivity index (χ1v) is 7.48. The number of amides is 1. The second-order valence-corrected chi connectivity index (χ2v) is 6.41. The second-order valence-electron chi connectivity index (χ2n) is 6.41. The molecule has 0 saturated heterocycles. The van der Waals surface area contributed by atoms with Crippen molar-refractivity contribution in [1.82, 2.24) is 9.97 Å². The van der Waals surface area contributed by atoms with Crippen LogP contribution in [0.25, 0.3) is 0 Å². The quantitative estimate of drug-likeness (QED) is 0.842. The molecule has 1 saturated carbocycles. The Bertz CT molecular complexity index is 628. The lowest BCUT2D eigenvalue weighted by Crippen LogP contribution is -2.67. The van der Waals surface area contributed by atoms with Gasteiger partial charge in [-0.3, -0.25) is 4.79 Å². The number of likely N-dealkylation sites (N-methyl/N-ethyl adjacent to an activating group) is 1. The zero-order valence-corrected chi connectivity index (χ0v) is 13.2. The maximum atomic E-state index is 13.4. The van der Waals surface area contributed by atoms with Crippen LogP contribution in [-0.4, -0.2) is 40.4 Å². The van der Waals surface area contributed by atoms with E-state index in [-0.39, 0.29) is 24.8 Å². The van der Waals surface area contributed by atoms with Crippen molar-refractivity contribution >= 4 is 17.4 Å². The number of carbonyl (C=O) groups is 1. The Morgan fingerprint density at radius 2 is 2.05 bits per heavy atom. The van der Waals surface area contributed by atoms with Crippen LogP contribution >= 0.6 is 0 Å². The van der Waals surface area contributed by atoms with Gasteiger partial charge in [0.2, 0.25) is 0 Å². The maximum Gasteiger partial charge on any atom is 0.252 e. The van der Waals surface area contributed by atoms with Crippen LogP contribution in [0.15, 0.2) is 6.20 Å². The summed E-state index contributed by atoms with van der Waals surface area (Å²) in [5.74, 6) is -1.60. The number of nitrogens with zero attached hydrogens (tertiary/aromatic N) is 4. The maximum absolute atomic E-state index is 13.4. The lowest BCUT2D eigenvalue weighted by molar-refractivity contribution is -0.126. The Morgan fingerprint density at radius 3 is 2.59 bits per heavy atom. The summed E-state index contributed by atoms with van der Waals surface area (Å²) < 4.78 is 26.7. The number of rotatable bonds is 2. The van der Waals surface area contributed by atoms with Crippen LogP contribution in [0.3, 0.4) is 0 Å². The monoisotopic (exact) mass is 310 g/mol. The third-order valence-corrected chi connectivity index (χ3v) is 4.88. The number of aryl methyl sites for hydroxylation is 1. The van der Waals surface area contributed by atoms with Gasteiger partial charge in [0, 0.05) is 25.9 Å². The molecule has 0 unspecified atom stereocenters. The fourth-order valence-corrected chi connectivity index (χ4v) is 3.38. The number of halogens is 2. The number of carbonyl (C=O) groups excluding carboxylic acids is 1. The molecule has 3 rings (SSSR count). The van der Waals surface area contributed by atoms with Crippen LogP contribution in [0.1, 0.15) is 38.9 Å². The highest BCUT2D eigenvalue weighted by atomic mass is 19.3. The SMILES string of the molecule is CC[C@]1(C)C(=O)N(C)c2cnc(C)nc2N1C1CC(F)(F)C1. The number of alkyl halides is 2. The first-order valence-electron chi connectivity index (χ1n) is 7.48. The van der Waals surface area contributed by atoms with Crippen molar-refractivity contribution in [2.75, 3.05) is 16.8 Å². The highest BCUT2D eigenvalue weighted by Crippen LogP contribution is 2.49. The van der Waals surface area contributed by atoms with Gasteiger partial charge in [0.15, 0.2) is 5.82 Å². The standard InChI is InChI=1S/C15H20F2N4O/c1-5-14(3)13(22)20(4)11-8-18-9(2)19-12(11)21(14)10-6-15(16,17)7-10/h8,10H,5-7H2,1-4H3/t14-/m1/s1. The van der Waals surface area contributed by atoms with E-state index in [9.17, 15) is 13.6 Å². The van der Waals surface area contributed by atoms with Crippen LogP contribution in [0.2, 0.25) is 0 Å². The topological polar surface area (TPSA) is 49.3 Å². The summed E-state index contributed by atoms with van der Waals surface area (Å²) >= 11 is 0. The van der Waals surface area contributed by atoms with E-state index >= 15 is 0 Å². The van der Waals surface area contributed by atoms with E-state index in [2.05, 4.69) is 9.97 Å². The summed E-state index contributed by atoms with van der Waals surface area (Å²) in [5, 5.41) is 0. The van der Waals surface area contributed by atoms with Gasteiger partial charge in [-0.1, -0.05) is 6.92 Å². The minimum absolute atomic E-state index is 0.106. The number of fused-ring (bicyclic) bond motifs is 1. The van der Waals surface area contributed by atoms with Gasteiger partial charge in [-0.05, 0) is 20.3 Å². The van der Waals surface area contributed by atoms with Crippen molar-refractivity contribution in [3.8, 4) is 0 Å². The molecule has 0 N–H and O–H groups in total. The minimum atomic E-state index is -2.64. The van der Waals surface area contributed by atoms with Gasteiger partial charge in [0.25, 0.3) is 11.8 Å². The summed E-state index contributed by atoms with van der Waals surface area (Å²) in [6.07, 6.45) is 1.65. The van der Waals surface area contributed by atoms with Gasteiger partial charge in [0.05, 0.1) is 6.20 Å². The van der Waals surface area contributed by atoms with Gasteiger partial charge in [-0.15, -0.1) is 0 Å². The van der Waals surface area contributed by atoms with E-state index in [0.29, 0.717) is 23.8 Å². The van der Waals surface area contributed by atoms with E-state index in [1.54, 1.807) is 25.1 Å². The molecule has 0 spiro atoms. The first-order chi connectivity index (χ1) is 10.2. The summed E-state index contributed by atoms with van der Waals surface area (Å²) in [5.41, 5.74) is -0.277. The predicted molar refractivity (Wildman–Crippen MR) is 79.3 cm³/mol. The van der Waals surface area contributed by atoms with Gasteiger partial charge in [-0.2, -0.15) is 0 Å². The lowest BCUT2D eigenvalue weighted by atomic mass is 9.81. The fraction of sp³-hybridized carbons (Fsp3) is 0.667. The van der Waals surface area contributed by atoms with Crippen molar-refractivity contribution in [1.29, 1.82) is 0 Å². The molecule has 22 heavy (non-hydrogen) atoms. The highest BCUT2D eigenvalue weighted by Gasteiger charge is 2.56. The van der Waals surface area contributed by atoms with Crippen LogP contribution in [0.5, 0.6) is 0 Å². The number of hydrogen-bond donors (Lipinski definition) is 0. The molecular weight excluding hydrogens is 290 g/mol. The molecule has 2 heterocycles. The molecule has 1 atom stereocenters. The zero-order chi connectivity index (χ0) is 16.3. The molecule has 1 aromatic heterocycles. The molecular formula is C15H20F2N4O. The summed E-state index contributed by atoms with van der Waals surface area (Å²) in [6, 6.07) is -0.370. The first kappa shape index (κ1) is 15.1. The van der Waals surface area contributed by atoms with Crippen molar-refractivity contribution in [2.24, 2.45) is 0 Å². The Kier molecular flexibility index (Phi) is 3.16. The molecule has 1 amide bonds. The molecule has 0 radical (unpaired) electrons. The van der Waals surface area contributed by atoms with E-state index in [0.717, 1.165) is 0 Å². The summed E-state index contributed by atoms with van der Waals surface area (Å²) in [7, 11) is 1.68. The zero-order valence-electron chi connectivity index (χ0n) is 13.2. The third kappa shape index (κ3) is 1.98. The van der Waals surface area contributed by atoms with Crippen molar-refractivity contribution in [3.05, 3.63) is 12.0 Å². The third-order valence-electron chi connectivity index (χ3n) is 4.88. The molecule has 1 aliphatic carbocycles. The van der Waals surface area contributed by atoms with Crippen LogP contribution in [-0.2, 0) is 4.79 Å². The average Bonchev–Trinajstić information content (AvgIpc) is 2.43. The molecule has 120 valence electrons. The second kappa shape index (κ2) is 4.60. The molecule has 2 aliphatic rings. The number of hydrogen-bond acceptors (Lipinski definition) is 4. The predicted octanol–water partition coefficient (Wildman–Crippen LogP) is 2.53. The van der Waals surface area contributed by atoms with Gasteiger partial charge < -0.3 is 9.80 Å². The van der Waals surface area contributed by atoms with Gasteiger partial charge in [-0.25, -0.2) is 18.7 Å². The average molecular weight is 310 g/mol. The minimum Gasteiger partial charge on any atom is -0.337 e. The summed E-state index contributed by atoms with van der Waals surface area (Å²) in [4.78, 5) is 24.7. The van der Waals surface area contributed by atoms with E-state index in [1.165, 1.54) is 4.90 Å². The molecule has 7 heteroatoms. The Morgan fingerprint density at radius 1 is 1.41 bits per heavy atom. The Labute approximate surface area is 128 Å². The van der Waals surface area contributed by atoms with Gasteiger partial charge in [0.1, 0.15) is 17.1 Å². The number of anilines is 2. The molecule has 0 bridgehead atoms. The smallest absolute Gasteiger partial charge is 0.252 e. The fourth-order valence-electron chi connectivity index (χ4n) is 3.38. The van der Waals surface area contributed by atoms with Crippen LogP contribution < -0.4 is 9.80 Å².